The second-order valence-corrected chi connectivity index (χ2v) is 7.17. The van der Waals surface area contributed by atoms with Gasteiger partial charge in [-0.15, -0.1) is 11.3 Å². The molecular weight excluding hydrogens is 296 g/mol. The molecule has 0 aromatic carbocycles. The van der Waals surface area contributed by atoms with E-state index in [0.29, 0.717) is 6.10 Å². The van der Waals surface area contributed by atoms with Crippen LogP contribution >= 0.6 is 11.3 Å². The molecule has 2 aromatic heterocycles. The molecule has 1 atom stereocenters. The molecule has 3 heterocycles. The highest BCUT2D eigenvalue weighted by molar-refractivity contribution is 7.12. The van der Waals surface area contributed by atoms with Crippen LogP contribution in [0.25, 0.3) is 0 Å². The highest BCUT2D eigenvalue weighted by Crippen LogP contribution is 2.33. The lowest BCUT2D eigenvalue weighted by Crippen LogP contribution is -2.16. The molecule has 0 radical (unpaired) electrons. The van der Waals surface area contributed by atoms with Crippen molar-refractivity contribution >= 4 is 11.3 Å². The first-order chi connectivity index (χ1) is 10.7. The molecule has 0 spiro atoms. The Balaban J connectivity index is 1.54. The summed E-state index contributed by atoms with van der Waals surface area (Å²) in [5, 5.41) is 4.04. The normalized spacial score (nSPS) is 19.0. The predicted octanol–water partition coefficient (Wildman–Crippen LogP) is 4.17. The van der Waals surface area contributed by atoms with Crippen LogP contribution in [0.3, 0.4) is 0 Å². The summed E-state index contributed by atoms with van der Waals surface area (Å²) in [5.74, 6) is 0.937. The SMILES string of the molecule is CCc1cc(CN(C)Cc2ccc([C@@H]3CCCCO3)s2)on1. The average molecular weight is 320 g/mol. The molecule has 1 aliphatic rings. The summed E-state index contributed by atoms with van der Waals surface area (Å²) in [7, 11) is 2.12. The number of thiophene rings is 1. The average Bonchev–Trinajstić information content (AvgIpc) is 3.17. The molecule has 4 nitrogen and oxygen atoms in total. The van der Waals surface area contributed by atoms with E-state index in [2.05, 4.69) is 36.2 Å². The zero-order chi connectivity index (χ0) is 15.4. The molecule has 0 bridgehead atoms. The first-order valence-corrected chi connectivity index (χ1v) is 8.89. The lowest BCUT2D eigenvalue weighted by Gasteiger charge is -2.21. The van der Waals surface area contributed by atoms with Crippen LogP contribution < -0.4 is 0 Å². The number of aryl methyl sites for hydroxylation is 1. The number of rotatable bonds is 6. The molecule has 0 N–H and O–H groups in total. The van der Waals surface area contributed by atoms with Crippen molar-refractivity contribution in [2.24, 2.45) is 0 Å². The largest absolute Gasteiger partial charge is 0.373 e. The summed E-state index contributed by atoms with van der Waals surface area (Å²) in [6.07, 6.45) is 4.88. The summed E-state index contributed by atoms with van der Waals surface area (Å²) in [5.41, 5.74) is 1.02. The summed E-state index contributed by atoms with van der Waals surface area (Å²) in [6, 6.07) is 6.51. The van der Waals surface area contributed by atoms with Gasteiger partial charge in [0.2, 0.25) is 0 Å². The maximum Gasteiger partial charge on any atom is 0.150 e. The molecule has 120 valence electrons. The van der Waals surface area contributed by atoms with Gasteiger partial charge in [-0.1, -0.05) is 12.1 Å². The van der Waals surface area contributed by atoms with E-state index in [1.807, 2.05) is 17.4 Å². The minimum Gasteiger partial charge on any atom is -0.373 e. The molecule has 22 heavy (non-hydrogen) atoms. The number of aromatic nitrogens is 1. The molecule has 1 aliphatic heterocycles. The van der Waals surface area contributed by atoms with Crippen molar-refractivity contribution in [3.63, 3.8) is 0 Å². The van der Waals surface area contributed by atoms with Crippen molar-refractivity contribution in [2.75, 3.05) is 13.7 Å². The molecule has 5 heteroatoms. The molecule has 0 unspecified atom stereocenters. The van der Waals surface area contributed by atoms with E-state index in [1.54, 1.807) is 0 Å². The van der Waals surface area contributed by atoms with Crippen LogP contribution in [0.5, 0.6) is 0 Å². The zero-order valence-corrected chi connectivity index (χ0v) is 14.2. The van der Waals surface area contributed by atoms with E-state index in [9.17, 15) is 0 Å². The smallest absolute Gasteiger partial charge is 0.150 e. The van der Waals surface area contributed by atoms with Crippen molar-refractivity contribution < 1.29 is 9.26 Å². The van der Waals surface area contributed by atoms with E-state index in [-0.39, 0.29) is 0 Å². The minimum atomic E-state index is 0.319. The maximum atomic E-state index is 5.87. The molecule has 0 amide bonds. The lowest BCUT2D eigenvalue weighted by molar-refractivity contribution is 0.0172. The number of hydrogen-bond acceptors (Lipinski definition) is 5. The van der Waals surface area contributed by atoms with Gasteiger partial charge in [0.25, 0.3) is 0 Å². The summed E-state index contributed by atoms with van der Waals surface area (Å²) >= 11 is 1.88. The zero-order valence-electron chi connectivity index (χ0n) is 13.4. The maximum absolute atomic E-state index is 5.87. The second kappa shape index (κ2) is 7.40. The molecule has 0 aliphatic carbocycles. The van der Waals surface area contributed by atoms with E-state index in [1.165, 1.54) is 22.6 Å². The molecule has 2 aromatic rings. The second-order valence-electron chi connectivity index (χ2n) is 5.97. The number of nitrogens with zero attached hydrogens (tertiary/aromatic N) is 2. The fraction of sp³-hybridized carbons (Fsp3) is 0.588. The standard InChI is InChI=1S/C17H24N2O2S/c1-3-13-10-14(21-18-13)11-19(2)12-15-7-8-17(22-15)16-6-4-5-9-20-16/h7-8,10,16H,3-6,9,11-12H2,1-2H3/t16-/m0/s1. The Morgan fingerprint density at radius 3 is 2.95 bits per heavy atom. The summed E-state index contributed by atoms with van der Waals surface area (Å²) in [4.78, 5) is 5.01. The van der Waals surface area contributed by atoms with E-state index >= 15 is 0 Å². The van der Waals surface area contributed by atoms with Crippen LogP contribution in [0.4, 0.5) is 0 Å². The van der Waals surface area contributed by atoms with Gasteiger partial charge in [0.05, 0.1) is 18.3 Å². The Kier molecular flexibility index (Phi) is 5.28. The van der Waals surface area contributed by atoms with Crippen LogP contribution in [0, 0.1) is 0 Å². The van der Waals surface area contributed by atoms with Crippen LogP contribution in [0.2, 0.25) is 0 Å². The van der Waals surface area contributed by atoms with Gasteiger partial charge in [-0.3, -0.25) is 4.90 Å². The van der Waals surface area contributed by atoms with Crippen LogP contribution in [0.1, 0.15) is 53.5 Å². The lowest BCUT2D eigenvalue weighted by atomic mass is 10.1. The molecule has 0 saturated carbocycles. The third kappa shape index (κ3) is 3.97. The van der Waals surface area contributed by atoms with Gasteiger partial charge in [-0.2, -0.15) is 0 Å². The van der Waals surface area contributed by atoms with Gasteiger partial charge in [0, 0.05) is 29.0 Å². The van der Waals surface area contributed by atoms with Crippen LogP contribution in [0.15, 0.2) is 22.7 Å². The van der Waals surface area contributed by atoms with Gasteiger partial charge in [0.1, 0.15) is 0 Å². The van der Waals surface area contributed by atoms with E-state index in [0.717, 1.165) is 44.0 Å². The predicted molar refractivity (Wildman–Crippen MR) is 87.9 cm³/mol. The van der Waals surface area contributed by atoms with Gasteiger partial charge in [0.15, 0.2) is 5.76 Å². The fourth-order valence-electron chi connectivity index (χ4n) is 2.80. The van der Waals surface area contributed by atoms with E-state index in [4.69, 9.17) is 9.26 Å². The molecule has 1 fully saturated rings. The Hall–Kier alpha value is -1.17. The van der Waals surface area contributed by atoms with Gasteiger partial charge in [-0.25, -0.2) is 0 Å². The fourth-order valence-corrected chi connectivity index (χ4v) is 3.98. The Labute approximate surface area is 136 Å². The summed E-state index contributed by atoms with van der Waals surface area (Å²) < 4.78 is 11.2. The third-order valence-electron chi connectivity index (χ3n) is 4.00. The van der Waals surface area contributed by atoms with Crippen molar-refractivity contribution in [1.82, 2.24) is 10.1 Å². The van der Waals surface area contributed by atoms with Crippen molar-refractivity contribution in [2.45, 2.75) is 51.8 Å². The van der Waals surface area contributed by atoms with Crippen LogP contribution in [-0.4, -0.2) is 23.7 Å². The third-order valence-corrected chi connectivity index (χ3v) is 5.16. The highest BCUT2D eigenvalue weighted by atomic mass is 32.1. The Bertz CT molecular complexity index is 587. The number of hydrogen-bond donors (Lipinski definition) is 0. The molecule has 3 rings (SSSR count). The molecular formula is C17H24N2O2S. The van der Waals surface area contributed by atoms with Crippen molar-refractivity contribution in [3.05, 3.63) is 39.4 Å². The number of ether oxygens (including phenoxy) is 1. The van der Waals surface area contributed by atoms with E-state index < -0.39 is 0 Å². The Morgan fingerprint density at radius 2 is 2.23 bits per heavy atom. The summed E-state index contributed by atoms with van der Waals surface area (Å²) in [6.45, 7) is 4.72. The minimum absolute atomic E-state index is 0.319. The monoisotopic (exact) mass is 320 g/mol. The first-order valence-electron chi connectivity index (χ1n) is 8.08. The van der Waals surface area contributed by atoms with Gasteiger partial charge < -0.3 is 9.26 Å². The van der Waals surface area contributed by atoms with Gasteiger partial charge in [-0.05, 0) is 44.9 Å². The molecule has 1 saturated heterocycles. The first kappa shape index (κ1) is 15.7. The topological polar surface area (TPSA) is 38.5 Å². The van der Waals surface area contributed by atoms with Crippen molar-refractivity contribution in [1.29, 1.82) is 0 Å². The van der Waals surface area contributed by atoms with Gasteiger partial charge >= 0.3 is 0 Å². The Morgan fingerprint density at radius 1 is 1.32 bits per heavy atom. The van der Waals surface area contributed by atoms with Crippen LogP contribution in [-0.2, 0) is 24.2 Å². The highest BCUT2D eigenvalue weighted by Gasteiger charge is 2.18. The van der Waals surface area contributed by atoms with Crippen molar-refractivity contribution in [3.8, 4) is 0 Å². The quantitative estimate of drug-likeness (QED) is 0.800.